The summed E-state index contributed by atoms with van der Waals surface area (Å²) in [5.74, 6) is -1.19. The van der Waals surface area contributed by atoms with Gasteiger partial charge in [-0.25, -0.2) is 0 Å². The van der Waals surface area contributed by atoms with E-state index >= 15 is 0 Å². The van der Waals surface area contributed by atoms with Crippen molar-refractivity contribution >= 4 is 35.1 Å². The first-order valence-corrected chi connectivity index (χ1v) is 12.2. The number of phenolic OH excluding ortho intramolecular Hbond substituents is 1. The summed E-state index contributed by atoms with van der Waals surface area (Å²) < 4.78 is 12.9. The second-order valence-electron chi connectivity index (χ2n) is 12.0. The van der Waals surface area contributed by atoms with Gasteiger partial charge in [0.2, 0.25) is 5.69 Å². The molecule has 2 aromatic carbocycles. The van der Waals surface area contributed by atoms with E-state index in [9.17, 15) is 24.8 Å². The first-order chi connectivity index (χ1) is 17.3. The second-order valence-corrected chi connectivity index (χ2v) is 12.0. The van der Waals surface area contributed by atoms with Crippen molar-refractivity contribution in [2.24, 2.45) is 10.8 Å². The van der Waals surface area contributed by atoms with E-state index in [1.165, 1.54) is 6.07 Å². The SMILES string of the molecule is C[N+]1=C(/C=C/c2cc([N+](=O)[O-])cc(OC(=O)C(C)(C)C)c2O)C(C)(C)c2cc(OC(=O)C(C)(C)C)ccc21. The van der Waals surface area contributed by atoms with Gasteiger partial charge in [-0.2, -0.15) is 4.58 Å². The molecule has 38 heavy (non-hydrogen) atoms. The molecule has 1 N–H and O–H groups in total. The number of esters is 2. The molecule has 0 unspecified atom stereocenters. The number of aromatic hydroxyl groups is 1. The van der Waals surface area contributed by atoms with Gasteiger partial charge in [0.15, 0.2) is 17.2 Å². The molecule has 0 amide bonds. The number of fused-ring (bicyclic) bond motifs is 1. The standard InChI is InChI=1S/C29H34N2O7/c1-27(2,3)25(33)37-19-11-12-21-20(16-19)29(7,8)23(30(21)9)13-10-17-14-18(31(35)36)15-22(24(17)32)38-26(34)28(4,5)6/h10-16H,1-9H3/p+1. The van der Waals surface area contributed by atoms with Crippen LogP contribution in [0.15, 0.2) is 36.4 Å². The van der Waals surface area contributed by atoms with Gasteiger partial charge in [0, 0.05) is 29.3 Å². The van der Waals surface area contributed by atoms with E-state index in [2.05, 4.69) is 0 Å². The van der Waals surface area contributed by atoms with E-state index in [4.69, 9.17) is 9.47 Å². The van der Waals surface area contributed by atoms with Crippen molar-refractivity contribution < 1.29 is 33.7 Å². The molecule has 0 fully saturated rings. The van der Waals surface area contributed by atoms with Crippen LogP contribution in [0.25, 0.3) is 6.08 Å². The minimum atomic E-state index is -0.870. The highest BCUT2D eigenvalue weighted by Crippen LogP contribution is 2.42. The Morgan fingerprint density at radius 1 is 0.974 bits per heavy atom. The monoisotopic (exact) mass is 523 g/mol. The first-order valence-electron chi connectivity index (χ1n) is 12.2. The zero-order valence-corrected chi connectivity index (χ0v) is 23.3. The molecule has 1 aliphatic heterocycles. The average Bonchev–Trinajstić information content (AvgIpc) is 2.97. The molecule has 202 valence electrons. The normalized spacial score (nSPS) is 15.0. The molecule has 1 aliphatic rings. The van der Waals surface area contributed by atoms with Crippen LogP contribution in [-0.4, -0.2) is 39.3 Å². The summed E-state index contributed by atoms with van der Waals surface area (Å²) in [6.45, 7) is 14.3. The number of phenols is 1. The quantitative estimate of drug-likeness (QED) is 0.170. The molecule has 0 aliphatic carbocycles. The number of non-ortho nitro benzene ring substituents is 1. The second kappa shape index (κ2) is 9.70. The average molecular weight is 524 g/mol. The van der Waals surface area contributed by atoms with Gasteiger partial charge in [0.25, 0.3) is 5.69 Å². The summed E-state index contributed by atoms with van der Waals surface area (Å²) >= 11 is 0. The van der Waals surface area contributed by atoms with Crippen molar-refractivity contribution in [3.8, 4) is 17.2 Å². The molecular weight excluding hydrogens is 488 g/mol. The Labute approximate surface area is 222 Å². The zero-order chi connectivity index (χ0) is 28.8. The topological polar surface area (TPSA) is 119 Å². The summed E-state index contributed by atoms with van der Waals surface area (Å²) in [4.78, 5) is 35.7. The molecule has 3 rings (SSSR count). The maximum absolute atomic E-state index is 12.4. The lowest BCUT2D eigenvalue weighted by Gasteiger charge is -2.19. The Morgan fingerprint density at radius 2 is 1.55 bits per heavy atom. The molecule has 0 aromatic heterocycles. The van der Waals surface area contributed by atoms with Crippen LogP contribution in [0.3, 0.4) is 0 Å². The van der Waals surface area contributed by atoms with Gasteiger partial charge in [0.1, 0.15) is 12.8 Å². The summed E-state index contributed by atoms with van der Waals surface area (Å²) in [5, 5.41) is 22.4. The maximum Gasteiger partial charge on any atom is 0.316 e. The lowest BCUT2D eigenvalue weighted by Crippen LogP contribution is -2.27. The fraction of sp³-hybridized carbons (Fsp3) is 0.414. The number of carbonyl (C=O) groups is 2. The fourth-order valence-corrected chi connectivity index (χ4v) is 3.99. The number of carbonyl (C=O) groups excluding carboxylic acids is 2. The third-order valence-corrected chi connectivity index (χ3v) is 6.36. The van der Waals surface area contributed by atoms with Crippen LogP contribution in [0.5, 0.6) is 17.2 Å². The summed E-state index contributed by atoms with van der Waals surface area (Å²) in [5.41, 5.74) is 0.445. The molecular formula is C29H35N2O7+. The number of hydrogen-bond acceptors (Lipinski definition) is 7. The van der Waals surface area contributed by atoms with E-state index < -0.39 is 27.1 Å². The Hall–Kier alpha value is -4.01. The first kappa shape index (κ1) is 28.6. The van der Waals surface area contributed by atoms with E-state index in [1.54, 1.807) is 59.8 Å². The van der Waals surface area contributed by atoms with Crippen molar-refractivity contribution in [3.63, 3.8) is 0 Å². The van der Waals surface area contributed by atoms with Crippen LogP contribution in [0.1, 0.15) is 66.5 Å². The molecule has 0 spiro atoms. The predicted molar refractivity (Wildman–Crippen MR) is 144 cm³/mol. The van der Waals surface area contributed by atoms with Crippen LogP contribution >= 0.6 is 0 Å². The number of allylic oxidation sites excluding steroid dienone is 1. The molecule has 0 bridgehead atoms. The molecule has 9 nitrogen and oxygen atoms in total. The Bertz CT molecular complexity index is 1390. The van der Waals surface area contributed by atoms with Gasteiger partial charge in [-0.15, -0.1) is 0 Å². The minimum absolute atomic E-state index is 0.128. The number of nitro benzene ring substituents is 1. The van der Waals surface area contributed by atoms with Crippen molar-refractivity contribution in [2.75, 3.05) is 7.05 Å². The Balaban J connectivity index is 2.00. The predicted octanol–water partition coefficient (Wildman–Crippen LogP) is 5.92. The molecule has 0 saturated heterocycles. The lowest BCUT2D eigenvalue weighted by atomic mass is 9.81. The number of hydrogen-bond donors (Lipinski definition) is 1. The Kier molecular flexibility index (Phi) is 7.29. The van der Waals surface area contributed by atoms with Crippen molar-refractivity contribution in [1.29, 1.82) is 0 Å². The Morgan fingerprint density at radius 3 is 2.11 bits per heavy atom. The van der Waals surface area contributed by atoms with E-state index in [-0.39, 0.29) is 28.7 Å². The highest BCUT2D eigenvalue weighted by Gasteiger charge is 2.43. The number of nitro groups is 1. The van der Waals surface area contributed by atoms with E-state index in [0.29, 0.717) is 5.75 Å². The number of nitrogens with zero attached hydrogens (tertiary/aromatic N) is 2. The highest BCUT2D eigenvalue weighted by atomic mass is 16.6. The summed E-state index contributed by atoms with van der Waals surface area (Å²) in [6.07, 6.45) is 3.31. The van der Waals surface area contributed by atoms with Gasteiger partial charge in [-0.3, -0.25) is 19.7 Å². The van der Waals surface area contributed by atoms with Gasteiger partial charge < -0.3 is 14.6 Å². The van der Waals surface area contributed by atoms with Crippen LogP contribution in [-0.2, 0) is 15.0 Å². The van der Waals surface area contributed by atoms with Gasteiger partial charge >= 0.3 is 11.9 Å². The van der Waals surface area contributed by atoms with Crippen LogP contribution in [0.2, 0.25) is 0 Å². The van der Waals surface area contributed by atoms with Crippen LogP contribution < -0.4 is 9.47 Å². The number of rotatable bonds is 5. The molecule has 0 atom stereocenters. The number of benzene rings is 2. The lowest BCUT2D eigenvalue weighted by molar-refractivity contribution is -0.401. The van der Waals surface area contributed by atoms with Gasteiger partial charge in [0.05, 0.1) is 27.2 Å². The van der Waals surface area contributed by atoms with Crippen molar-refractivity contribution in [1.82, 2.24) is 0 Å². The van der Waals surface area contributed by atoms with E-state index in [1.807, 2.05) is 37.6 Å². The van der Waals surface area contributed by atoms with Crippen molar-refractivity contribution in [3.05, 3.63) is 57.6 Å². The van der Waals surface area contributed by atoms with Crippen molar-refractivity contribution in [2.45, 2.75) is 60.8 Å². The molecule has 0 saturated carbocycles. The third-order valence-electron chi connectivity index (χ3n) is 6.36. The molecule has 0 radical (unpaired) electrons. The highest BCUT2D eigenvalue weighted by molar-refractivity contribution is 6.05. The number of ether oxygens (including phenoxy) is 2. The maximum atomic E-state index is 12.4. The zero-order valence-electron chi connectivity index (χ0n) is 23.3. The van der Waals surface area contributed by atoms with Gasteiger partial charge in [-0.1, -0.05) is 0 Å². The summed E-state index contributed by atoms with van der Waals surface area (Å²) in [6, 6.07) is 7.71. The third kappa shape index (κ3) is 5.61. The molecule has 1 heterocycles. The smallest absolute Gasteiger partial charge is 0.316 e. The van der Waals surface area contributed by atoms with Crippen LogP contribution in [0, 0.1) is 20.9 Å². The molecule has 2 aromatic rings. The fourth-order valence-electron chi connectivity index (χ4n) is 3.99. The van der Waals surface area contributed by atoms with E-state index in [0.717, 1.165) is 23.0 Å². The van der Waals surface area contributed by atoms with Gasteiger partial charge in [-0.05, 0) is 73.6 Å². The van der Waals surface area contributed by atoms with Crippen LogP contribution in [0.4, 0.5) is 11.4 Å². The molecule has 9 heteroatoms. The largest absolute Gasteiger partial charge is 0.504 e. The minimum Gasteiger partial charge on any atom is -0.504 e. The summed E-state index contributed by atoms with van der Waals surface area (Å²) in [7, 11) is 1.89.